The van der Waals surface area contributed by atoms with E-state index in [9.17, 15) is 9.59 Å². The first kappa shape index (κ1) is 43.8. The van der Waals surface area contributed by atoms with Crippen LogP contribution in [0.15, 0.2) is 110 Å². The summed E-state index contributed by atoms with van der Waals surface area (Å²) in [5, 5.41) is 3.97. The number of hydrogen-bond donors (Lipinski definition) is 1. The largest absolute Gasteiger partial charge is 0.493 e. The topological polar surface area (TPSA) is 94.5 Å². The number of unbranched alkanes of at least 4 members (excludes halogenated alkanes) is 1. The molecule has 61 heavy (non-hydrogen) atoms. The van der Waals surface area contributed by atoms with Crippen LogP contribution < -0.4 is 29.6 Å². The van der Waals surface area contributed by atoms with Gasteiger partial charge < -0.3 is 33.9 Å². The van der Waals surface area contributed by atoms with Crippen LogP contribution in [0, 0.1) is 0 Å². The number of ether oxygens (including phenoxy) is 2. The van der Waals surface area contributed by atoms with Crippen molar-refractivity contribution in [2.45, 2.75) is 76.9 Å². The lowest BCUT2D eigenvalue weighted by molar-refractivity contribution is -0.128. The van der Waals surface area contributed by atoms with Crippen LogP contribution in [0.25, 0.3) is 10.8 Å². The van der Waals surface area contributed by atoms with E-state index in [0.29, 0.717) is 45.4 Å². The highest BCUT2D eigenvalue weighted by Gasteiger charge is 2.49. The van der Waals surface area contributed by atoms with E-state index < -0.39 is 8.32 Å². The zero-order valence-corrected chi connectivity index (χ0v) is 37.9. The SMILES string of the molecule is C=CC(=O)N1CCN(c2nc(OCCN(C)C)nc3c2CCN(c2cc(OCCCC)cc4ccccc24)C3)CC1CCCC(C)(C)[Si](O)(c1ccccc1)c1ccccc1. The molecule has 11 heteroatoms. The van der Waals surface area contributed by atoms with Gasteiger partial charge in [0.2, 0.25) is 5.91 Å². The Kier molecular flexibility index (Phi) is 14.1. The minimum Gasteiger partial charge on any atom is -0.493 e. The van der Waals surface area contributed by atoms with E-state index in [2.05, 4.69) is 103 Å². The molecule has 3 heterocycles. The van der Waals surface area contributed by atoms with Gasteiger partial charge in [-0.05, 0) is 72.7 Å². The van der Waals surface area contributed by atoms with Gasteiger partial charge in [0.05, 0.1) is 18.8 Å². The van der Waals surface area contributed by atoms with E-state index in [4.69, 9.17) is 19.4 Å². The zero-order chi connectivity index (χ0) is 43.0. The molecular weight excluding hydrogens is 777 g/mol. The second-order valence-corrected chi connectivity index (χ2v) is 21.4. The smallest absolute Gasteiger partial charge is 0.318 e. The fraction of sp³-hybridized carbons (Fsp3) is 0.420. The molecule has 1 saturated heterocycles. The number of benzene rings is 4. The normalized spacial score (nSPS) is 15.9. The van der Waals surface area contributed by atoms with E-state index in [1.54, 1.807) is 0 Å². The van der Waals surface area contributed by atoms with Gasteiger partial charge in [-0.1, -0.05) is 125 Å². The Hall–Kier alpha value is -5.23. The summed E-state index contributed by atoms with van der Waals surface area (Å²) in [6, 6.07) is 33.6. The minimum absolute atomic E-state index is 0.0513. The van der Waals surface area contributed by atoms with Gasteiger partial charge in [0.25, 0.3) is 8.32 Å². The Labute approximate surface area is 364 Å². The minimum atomic E-state index is -3.18. The van der Waals surface area contributed by atoms with Gasteiger partial charge >= 0.3 is 6.01 Å². The van der Waals surface area contributed by atoms with E-state index in [1.165, 1.54) is 11.5 Å². The maximum Gasteiger partial charge on any atom is 0.318 e. The molecule has 0 aliphatic carbocycles. The van der Waals surface area contributed by atoms with Crippen LogP contribution in [-0.2, 0) is 17.8 Å². The van der Waals surface area contributed by atoms with Crippen molar-refractivity contribution in [3.63, 3.8) is 0 Å². The number of carbonyl (C=O) groups excluding carboxylic acids is 1. The standard InChI is InChI=1S/C50H64N6O4Si/c1-7-9-32-59-40-34-38-19-16-17-25-43(38)46(35-40)54-28-26-44-45(37-54)51-49(60-33-31-53(5)6)52-48(44)55-29-30-56(47(57)8-2)39(36-55)20-18-27-50(3,4)61(58,41-21-12-10-13-22-41)42-23-14-11-15-24-42/h8,10-17,19,21-25,34-35,39,58H,2,7,9,18,20,26-33,36-37H2,1,3-6H3. The fourth-order valence-electron chi connectivity index (χ4n) is 9.15. The number of hydrogen-bond acceptors (Lipinski definition) is 9. The van der Waals surface area contributed by atoms with Gasteiger partial charge in [-0.3, -0.25) is 4.79 Å². The molecule has 1 fully saturated rings. The number of likely N-dealkylation sites (N-methyl/N-ethyl adjacent to an activating group) is 1. The number of aromatic nitrogens is 2. The van der Waals surface area contributed by atoms with E-state index >= 15 is 0 Å². The average molecular weight is 841 g/mol. The van der Waals surface area contributed by atoms with Crippen molar-refractivity contribution in [2.24, 2.45) is 0 Å². The molecule has 1 aromatic heterocycles. The molecule has 1 amide bonds. The predicted molar refractivity (Wildman–Crippen MR) is 251 cm³/mol. The highest BCUT2D eigenvalue weighted by Crippen LogP contribution is 2.41. The molecule has 2 aliphatic rings. The fourth-order valence-corrected chi connectivity index (χ4v) is 12.9. The molecule has 4 aromatic carbocycles. The summed E-state index contributed by atoms with van der Waals surface area (Å²) >= 11 is 0. The molecule has 0 spiro atoms. The van der Waals surface area contributed by atoms with Crippen LogP contribution in [0.5, 0.6) is 11.8 Å². The van der Waals surface area contributed by atoms with Gasteiger partial charge in [0, 0.05) is 61.5 Å². The predicted octanol–water partition coefficient (Wildman–Crippen LogP) is 7.22. The highest BCUT2D eigenvalue weighted by molar-refractivity contribution is 6.98. The van der Waals surface area contributed by atoms with Gasteiger partial charge in [-0.2, -0.15) is 9.97 Å². The van der Waals surface area contributed by atoms with Crippen LogP contribution >= 0.6 is 0 Å². The Bertz CT molecular complexity index is 2210. The molecule has 1 N–H and O–H groups in total. The van der Waals surface area contributed by atoms with Crippen LogP contribution in [0.2, 0.25) is 5.04 Å². The van der Waals surface area contributed by atoms with Crippen LogP contribution in [0.1, 0.15) is 64.1 Å². The van der Waals surface area contributed by atoms with Crippen molar-refractivity contribution in [3.05, 3.63) is 121 Å². The van der Waals surface area contributed by atoms with E-state index in [1.807, 2.05) is 55.4 Å². The highest BCUT2D eigenvalue weighted by atomic mass is 28.4. The molecule has 1 unspecified atom stereocenters. The number of carbonyl (C=O) groups is 1. The molecule has 0 radical (unpaired) electrons. The molecule has 2 aliphatic heterocycles. The van der Waals surface area contributed by atoms with E-state index in [-0.39, 0.29) is 17.0 Å². The Balaban J connectivity index is 1.16. The summed E-state index contributed by atoms with van der Waals surface area (Å²) in [4.78, 5) is 45.3. The van der Waals surface area contributed by atoms with Crippen molar-refractivity contribution in [2.75, 3.05) is 69.8 Å². The van der Waals surface area contributed by atoms with Crippen molar-refractivity contribution >= 4 is 46.9 Å². The molecule has 322 valence electrons. The lowest BCUT2D eigenvalue weighted by Gasteiger charge is -2.44. The Morgan fingerprint density at radius 1 is 0.902 bits per heavy atom. The summed E-state index contributed by atoms with van der Waals surface area (Å²) in [7, 11) is 0.882. The van der Waals surface area contributed by atoms with Crippen LogP contribution in [0.3, 0.4) is 0 Å². The summed E-state index contributed by atoms with van der Waals surface area (Å²) < 4.78 is 12.5. The molecule has 5 aromatic rings. The van der Waals surface area contributed by atoms with Crippen LogP contribution in [0.4, 0.5) is 11.5 Å². The van der Waals surface area contributed by atoms with Gasteiger partial charge in [-0.15, -0.1) is 0 Å². The zero-order valence-electron chi connectivity index (χ0n) is 36.9. The van der Waals surface area contributed by atoms with Crippen molar-refractivity contribution < 1.29 is 19.1 Å². The summed E-state index contributed by atoms with van der Waals surface area (Å²) in [6.45, 7) is 15.6. The number of amides is 1. The maximum absolute atomic E-state index is 13.4. The van der Waals surface area contributed by atoms with Crippen molar-refractivity contribution in [1.82, 2.24) is 19.8 Å². The number of nitrogens with zero attached hydrogens (tertiary/aromatic N) is 6. The quantitative estimate of drug-likeness (QED) is 0.0558. The molecular formula is C50H64N6O4Si. The maximum atomic E-state index is 13.4. The number of fused-ring (bicyclic) bond motifs is 2. The second-order valence-electron chi connectivity index (χ2n) is 17.5. The van der Waals surface area contributed by atoms with Crippen molar-refractivity contribution in [3.8, 4) is 11.8 Å². The van der Waals surface area contributed by atoms with Gasteiger partial charge in [0.15, 0.2) is 0 Å². The number of rotatable bonds is 18. The van der Waals surface area contributed by atoms with Crippen LogP contribution in [-0.4, -0.2) is 105 Å². The Morgan fingerprint density at radius 3 is 2.30 bits per heavy atom. The second kappa shape index (κ2) is 19.6. The Morgan fingerprint density at radius 2 is 1.61 bits per heavy atom. The third-order valence-corrected chi connectivity index (χ3v) is 17.2. The summed E-state index contributed by atoms with van der Waals surface area (Å²) in [5.74, 6) is 1.74. The first-order valence-corrected chi connectivity index (χ1v) is 24.1. The van der Waals surface area contributed by atoms with Crippen molar-refractivity contribution in [1.29, 1.82) is 0 Å². The van der Waals surface area contributed by atoms with Gasteiger partial charge in [-0.25, -0.2) is 0 Å². The first-order chi connectivity index (χ1) is 29.5. The van der Waals surface area contributed by atoms with E-state index in [0.717, 1.165) is 95.9 Å². The molecule has 0 saturated carbocycles. The number of piperazine rings is 1. The summed E-state index contributed by atoms with van der Waals surface area (Å²) in [6.07, 6.45) is 6.72. The summed E-state index contributed by atoms with van der Waals surface area (Å²) in [5.41, 5.74) is 3.24. The lowest BCUT2D eigenvalue weighted by Crippen LogP contribution is -2.65. The molecule has 0 bridgehead atoms. The molecule has 1 atom stereocenters. The molecule has 10 nitrogen and oxygen atoms in total. The monoisotopic (exact) mass is 840 g/mol. The molecule has 7 rings (SSSR count). The average Bonchev–Trinajstić information content (AvgIpc) is 3.28. The van der Waals surface area contributed by atoms with Gasteiger partial charge in [0.1, 0.15) is 18.2 Å². The first-order valence-electron chi connectivity index (χ1n) is 22.1. The third-order valence-electron chi connectivity index (χ3n) is 12.7. The third kappa shape index (κ3) is 9.80. The number of anilines is 2. The lowest BCUT2D eigenvalue weighted by atomic mass is 9.98.